The van der Waals surface area contributed by atoms with Gasteiger partial charge in [0.05, 0.1) is 6.10 Å². The predicted octanol–water partition coefficient (Wildman–Crippen LogP) is 4.10. The maximum atomic E-state index is 5.95. The molecular formula is C12H18Cl3NO. The number of ether oxygens (including phenoxy) is 1. The molecule has 0 saturated heterocycles. The molecule has 0 fully saturated rings. The fourth-order valence-electron chi connectivity index (χ4n) is 1.44. The van der Waals surface area contributed by atoms with E-state index >= 15 is 0 Å². The molecule has 1 unspecified atom stereocenters. The van der Waals surface area contributed by atoms with Crippen molar-refractivity contribution in [1.29, 1.82) is 0 Å². The molecule has 1 aromatic rings. The van der Waals surface area contributed by atoms with Crippen LogP contribution in [-0.2, 0) is 4.74 Å². The summed E-state index contributed by atoms with van der Waals surface area (Å²) < 4.78 is 5.42. The van der Waals surface area contributed by atoms with Crippen LogP contribution in [0.1, 0.15) is 25.5 Å². The third kappa shape index (κ3) is 5.94. The fourth-order valence-corrected chi connectivity index (χ4v) is 1.98. The summed E-state index contributed by atoms with van der Waals surface area (Å²) in [6, 6.07) is 5.90. The molecule has 0 aliphatic heterocycles. The van der Waals surface area contributed by atoms with E-state index in [9.17, 15) is 0 Å². The summed E-state index contributed by atoms with van der Waals surface area (Å²) in [5.41, 5.74) is 0.994. The Balaban J connectivity index is 0.00000256. The van der Waals surface area contributed by atoms with Gasteiger partial charge in [0.2, 0.25) is 0 Å². The van der Waals surface area contributed by atoms with Crippen LogP contribution in [-0.4, -0.2) is 19.7 Å². The molecule has 1 rings (SSSR count). The number of halogens is 3. The van der Waals surface area contributed by atoms with Gasteiger partial charge in [-0.05, 0) is 23.8 Å². The van der Waals surface area contributed by atoms with Gasteiger partial charge in [-0.25, -0.2) is 0 Å². The molecule has 0 amide bonds. The zero-order chi connectivity index (χ0) is 12.1. The molecule has 0 heterocycles. The molecule has 0 radical (unpaired) electrons. The summed E-state index contributed by atoms with van der Waals surface area (Å²) in [5, 5.41) is 4.59. The third-order valence-corrected chi connectivity index (χ3v) is 2.69. The molecule has 0 aliphatic rings. The van der Waals surface area contributed by atoms with E-state index in [1.54, 1.807) is 13.2 Å². The van der Waals surface area contributed by atoms with Crippen LogP contribution >= 0.6 is 35.6 Å². The number of rotatable bonds is 5. The summed E-state index contributed by atoms with van der Waals surface area (Å²) >= 11 is 11.9. The van der Waals surface area contributed by atoms with Crippen molar-refractivity contribution in [2.45, 2.75) is 26.0 Å². The second-order valence-corrected chi connectivity index (χ2v) is 4.86. The summed E-state index contributed by atoms with van der Waals surface area (Å²) in [6.07, 6.45) is -0.0291. The standard InChI is InChI=1S/C12H17Cl2NO.ClH/c1-8(2)15-7-12(16-3)9-4-10(13)6-11(14)5-9;/h4-6,8,12,15H,7H2,1-3H3;1H. The molecular weight excluding hydrogens is 280 g/mol. The first-order valence-electron chi connectivity index (χ1n) is 5.25. The molecule has 5 heteroatoms. The Hall–Kier alpha value is 0.01000. The van der Waals surface area contributed by atoms with E-state index in [4.69, 9.17) is 27.9 Å². The molecule has 2 nitrogen and oxygen atoms in total. The molecule has 0 saturated carbocycles. The van der Waals surface area contributed by atoms with Crippen molar-refractivity contribution in [1.82, 2.24) is 5.32 Å². The van der Waals surface area contributed by atoms with E-state index in [1.807, 2.05) is 12.1 Å². The Morgan fingerprint density at radius 2 is 1.71 bits per heavy atom. The third-order valence-electron chi connectivity index (χ3n) is 2.25. The lowest BCUT2D eigenvalue weighted by Gasteiger charge is -2.18. The molecule has 1 atom stereocenters. The van der Waals surface area contributed by atoms with Crippen LogP contribution in [0, 0.1) is 0 Å². The predicted molar refractivity (Wildman–Crippen MR) is 76.6 cm³/mol. The number of hydrogen-bond acceptors (Lipinski definition) is 2. The lowest BCUT2D eigenvalue weighted by Crippen LogP contribution is -2.28. The largest absolute Gasteiger partial charge is 0.375 e. The van der Waals surface area contributed by atoms with Crippen LogP contribution in [0.3, 0.4) is 0 Å². The van der Waals surface area contributed by atoms with Gasteiger partial charge < -0.3 is 10.1 Å². The average Bonchev–Trinajstić information content (AvgIpc) is 2.16. The van der Waals surface area contributed by atoms with Crippen molar-refractivity contribution in [2.75, 3.05) is 13.7 Å². The Morgan fingerprint density at radius 1 is 1.18 bits per heavy atom. The van der Waals surface area contributed by atoms with E-state index in [0.717, 1.165) is 12.1 Å². The highest BCUT2D eigenvalue weighted by Gasteiger charge is 2.12. The lowest BCUT2D eigenvalue weighted by atomic mass is 10.1. The Morgan fingerprint density at radius 3 is 2.12 bits per heavy atom. The van der Waals surface area contributed by atoms with Crippen LogP contribution in [0.4, 0.5) is 0 Å². The molecule has 1 aromatic carbocycles. The first-order valence-corrected chi connectivity index (χ1v) is 6.00. The second kappa shape index (κ2) is 8.17. The van der Waals surface area contributed by atoms with Crippen LogP contribution in [0.15, 0.2) is 18.2 Å². The lowest BCUT2D eigenvalue weighted by molar-refractivity contribution is 0.100. The highest BCUT2D eigenvalue weighted by molar-refractivity contribution is 6.34. The smallest absolute Gasteiger partial charge is 0.0946 e. The SMILES string of the molecule is COC(CNC(C)C)c1cc(Cl)cc(Cl)c1.Cl. The van der Waals surface area contributed by atoms with Crippen molar-refractivity contribution in [3.63, 3.8) is 0 Å². The Kier molecular flexibility index (Phi) is 8.18. The van der Waals surface area contributed by atoms with Crippen molar-refractivity contribution in [3.05, 3.63) is 33.8 Å². The first-order chi connectivity index (χ1) is 7.52. The molecule has 0 aromatic heterocycles. The van der Waals surface area contributed by atoms with E-state index < -0.39 is 0 Å². The van der Waals surface area contributed by atoms with Crippen molar-refractivity contribution < 1.29 is 4.74 Å². The minimum absolute atomic E-state index is 0. The van der Waals surface area contributed by atoms with Gasteiger partial charge in [0.15, 0.2) is 0 Å². The maximum Gasteiger partial charge on any atom is 0.0946 e. The normalized spacial score (nSPS) is 12.4. The Bertz CT molecular complexity index is 324. The van der Waals surface area contributed by atoms with Gasteiger partial charge >= 0.3 is 0 Å². The molecule has 1 N–H and O–H groups in total. The first kappa shape index (κ1) is 17.0. The molecule has 0 bridgehead atoms. The van der Waals surface area contributed by atoms with Crippen molar-refractivity contribution >= 4 is 35.6 Å². The van der Waals surface area contributed by atoms with Gasteiger partial charge in [-0.2, -0.15) is 0 Å². The van der Waals surface area contributed by atoms with Gasteiger partial charge in [-0.15, -0.1) is 12.4 Å². The van der Waals surface area contributed by atoms with Gasteiger partial charge in [0, 0.05) is 29.7 Å². The van der Waals surface area contributed by atoms with Crippen molar-refractivity contribution in [3.8, 4) is 0 Å². The minimum atomic E-state index is -0.0291. The van der Waals surface area contributed by atoms with E-state index in [1.165, 1.54) is 0 Å². The number of methoxy groups -OCH3 is 1. The van der Waals surface area contributed by atoms with Crippen LogP contribution < -0.4 is 5.32 Å². The van der Waals surface area contributed by atoms with Crippen LogP contribution in [0.25, 0.3) is 0 Å². The maximum absolute atomic E-state index is 5.95. The van der Waals surface area contributed by atoms with Crippen LogP contribution in [0.5, 0.6) is 0 Å². The topological polar surface area (TPSA) is 21.3 Å². The highest BCUT2D eigenvalue weighted by Crippen LogP contribution is 2.24. The van der Waals surface area contributed by atoms with E-state index in [0.29, 0.717) is 16.1 Å². The van der Waals surface area contributed by atoms with Gasteiger partial charge in [-0.3, -0.25) is 0 Å². The molecule has 98 valence electrons. The fraction of sp³-hybridized carbons (Fsp3) is 0.500. The summed E-state index contributed by atoms with van der Waals surface area (Å²) in [6.45, 7) is 4.93. The zero-order valence-electron chi connectivity index (χ0n) is 10.2. The van der Waals surface area contributed by atoms with Crippen molar-refractivity contribution in [2.24, 2.45) is 0 Å². The molecule has 0 aliphatic carbocycles. The monoisotopic (exact) mass is 297 g/mol. The number of hydrogen-bond donors (Lipinski definition) is 1. The molecule has 17 heavy (non-hydrogen) atoms. The number of nitrogens with one attached hydrogen (secondary N) is 1. The van der Waals surface area contributed by atoms with E-state index in [-0.39, 0.29) is 18.5 Å². The van der Waals surface area contributed by atoms with Gasteiger partial charge in [0.1, 0.15) is 0 Å². The van der Waals surface area contributed by atoms with Gasteiger partial charge in [-0.1, -0.05) is 37.0 Å². The van der Waals surface area contributed by atoms with Gasteiger partial charge in [0.25, 0.3) is 0 Å². The summed E-state index contributed by atoms with van der Waals surface area (Å²) in [5.74, 6) is 0. The second-order valence-electron chi connectivity index (χ2n) is 3.99. The molecule has 0 spiro atoms. The minimum Gasteiger partial charge on any atom is -0.375 e. The Labute approximate surface area is 119 Å². The highest BCUT2D eigenvalue weighted by atomic mass is 35.5. The number of benzene rings is 1. The summed E-state index contributed by atoms with van der Waals surface area (Å²) in [7, 11) is 1.68. The van der Waals surface area contributed by atoms with E-state index in [2.05, 4.69) is 19.2 Å². The van der Waals surface area contributed by atoms with Crippen LogP contribution in [0.2, 0.25) is 10.0 Å². The zero-order valence-corrected chi connectivity index (χ0v) is 12.5. The quantitative estimate of drug-likeness (QED) is 0.883. The average molecular weight is 299 g/mol. The summed E-state index contributed by atoms with van der Waals surface area (Å²) in [4.78, 5) is 0.